The van der Waals surface area contributed by atoms with E-state index in [2.05, 4.69) is 10.4 Å². The van der Waals surface area contributed by atoms with Gasteiger partial charge in [-0.15, -0.1) is 0 Å². The van der Waals surface area contributed by atoms with Gasteiger partial charge in [0.2, 0.25) is 5.91 Å². The number of nitrogens with one attached hydrogen (secondary N) is 1. The molecule has 1 amide bonds. The number of halogens is 1. The van der Waals surface area contributed by atoms with E-state index in [1.54, 1.807) is 0 Å². The topological polar surface area (TPSA) is 137 Å². The molecule has 0 spiro atoms. The second kappa shape index (κ2) is 8.05. The number of hydrogen-bond acceptors (Lipinski definition) is 6. The lowest BCUT2D eigenvalue weighted by molar-refractivity contribution is -0.385. The van der Waals surface area contributed by atoms with E-state index in [4.69, 9.17) is 4.74 Å². The smallest absolute Gasteiger partial charge is 0.330 e. The fourth-order valence-corrected chi connectivity index (χ4v) is 2.17. The molecule has 2 rings (SSSR count). The number of hydrogen-bond donors (Lipinski definition) is 2. The Balaban J connectivity index is 2.02. The Morgan fingerprint density at radius 1 is 1.50 bits per heavy atom. The maximum atomic E-state index is 13.8. The first-order chi connectivity index (χ1) is 12.3. The summed E-state index contributed by atoms with van der Waals surface area (Å²) in [5, 5.41) is 25.9. The van der Waals surface area contributed by atoms with Crippen LogP contribution in [-0.2, 0) is 16.1 Å². The standard InChI is InChI=1S/C15H15FN4O6/c1-26-12-3-2-9(6-11(12)16)14(15(22)23)18-13(21)4-5-19-8-10(7-17-19)20(24)25/h2-3,6-8,14H,4-5H2,1H3,(H,18,21)(H,22,23). The van der Waals surface area contributed by atoms with Gasteiger partial charge in [0.05, 0.1) is 12.0 Å². The summed E-state index contributed by atoms with van der Waals surface area (Å²) in [4.78, 5) is 33.3. The summed E-state index contributed by atoms with van der Waals surface area (Å²) in [7, 11) is 1.27. The number of aromatic nitrogens is 2. The molecule has 138 valence electrons. The first kappa shape index (κ1) is 18.8. The molecule has 1 heterocycles. The van der Waals surface area contributed by atoms with Crippen molar-refractivity contribution in [2.75, 3.05) is 7.11 Å². The number of aliphatic carboxylic acids is 1. The number of rotatable bonds is 8. The van der Waals surface area contributed by atoms with E-state index in [1.807, 2.05) is 0 Å². The molecule has 0 bridgehead atoms. The van der Waals surface area contributed by atoms with Crippen LogP contribution in [0.3, 0.4) is 0 Å². The molecule has 0 aliphatic rings. The van der Waals surface area contributed by atoms with E-state index in [1.165, 1.54) is 23.9 Å². The summed E-state index contributed by atoms with van der Waals surface area (Å²) < 4.78 is 19.7. The number of carbonyl (C=O) groups excluding carboxylic acids is 1. The molecule has 0 saturated carbocycles. The molecule has 2 N–H and O–H groups in total. The zero-order valence-electron chi connectivity index (χ0n) is 13.6. The van der Waals surface area contributed by atoms with Crippen LogP contribution >= 0.6 is 0 Å². The van der Waals surface area contributed by atoms with E-state index < -0.39 is 28.7 Å². The minimum absolute atomic E-state index is 0.0169. The van der Waals surface area contributed by atoms with E-state index in [9.17, 15) is 29.2 Å². The van der Waals surface area contributed by atoms with Crippen LogP contribution < -0.4 is 10.1 Å². The molecule has 0 fully saturated rings. The van der Waals surface area contributed by atoms with Gasteiger partial charge in [0, 0.05) is 13.0 Å². The molecular formula is C15H15FN4O6. The number of carbonyl (C=O) groups is 2. The number of ether oxygens (including phenoxy) is 1. The normalized spacial score (nSPS) is 11.6. The Kier molecular flexibility index (Phi) is 5.83. The molecule has 0 saturated heterocycles. The zero-order valence-corrected chi connectivity index (χ0v) is 13.6. The van der Waals surface area contributed by atoms with Crippen LogP contribution in [0.5, 0.6) is 5.75 Å². The minimum atomic E-state index is -1.45. The van der Waals surface area contributed by atoms with Gasteiger partial charge < -0.3 is 15.2 Å². The highest BCUT2D eigenvalue weighted by Crippen LogP contribution is 2.22. The van der Waals surface area contributed by atoms with Crippen molar-refractivity contribution in [3.05, 3.63) is 52.1 Å². The highest BCUT2D eigenvalue weighted by atomic mass is 19.1. The number of nitrogens with zero attached hydrogens (tertiary/aromatic N) is 3. The van der Waals surface area contributed by atoms with Crippen LogP contribution in [0, 0.1) is 15.9 Å². The Bertz CT molecular complexity index is 837. The number of amides is 1. The quantitative estimate of drug-likeness (QED) is 0.530. The Morgan fingerprint density at radius 3 is 2.77 bits per heavy atom. The van der Waals surface area contributed by atoms with Gasteiger partial charge in [-0.2, -0.15) is 5.10 Å². The van der Waals surface area contributed by atoms with Crippen molar-refractivity contribution in [2.24, 2.45) is 0 Å². The van der Waals surface area contributed by atoms with Crippen LogP contribution in [0.2, 0.25) is 0 Å². The monoisotopic (exact) mass is 366 g/mol. The maximum Gasteiger partial charge on any atom is 0.330 e. The Hall–Kier alpha value is -3.50. The number of carboxylic acid groups (broad SMARTS) is 1. The summed E-state index contributed by atoms with van der Waals surface area (Å²) in [6, 6.07) is 2.11. The largest absolute Gasteiger partial charge is 0.494 e. The average molecular weight is 366 g/mol. The molecule has 26 heavy (non-hydrogen) atoms. The predicted molar refractivity (Wildman–Crippen MR) is 85.0 cm³/mol. The van der Waals surface area contributed by atoms with Crippen LogP contribution in [0.1, 0.15) is 18.0 Å². The van der Waals surface area contributed by atoms with E-state index in [0.717, 1.165) is 18.5 Å². The van der Waals surface area contributed by atoms with Gasteiger partial charge in [0.15, 0.2) is 17.6 Å². The molecule has 0 aliphatic heterocycles. The highest BCUT2D eigenvalue weighted by Gasteiger charge is 2.23. The molecular weight excluding hydrogens is 351 g/mol. The summed E-state index contributed by atoms with van der Waals surface area (Å²) in [6.07, 6.45) is 2.03. The number of benzene rings is 1. The summed E-state index contributed by atoms with van der Waals surface area (Å²) in [6.45, 7) is 0.0169. The van der Waals surface area contributed by atoms with Gasteiger partial charge in [-0.1, -0.05) is 6.07 Å². The molecule has 2 aromatic rings. The molecule has 0 radical (unpaired) electrons. The summed E-state index contributed by atoms with van der Waals surface area (Å²) in [5.41, 5.74) is -0.179. The molecule has 1 aromatic heterocycles. The lowest BCUT2D eigenvalue weighted by Crippen LogP contribution is -2.34. The maximum absolute atomic E-state index is 13.8. The van der Waals surface area contributed by atoms with Crippen molar-refractivity contribution >= 4 is 17.6 Å². The lowest BCUT2D eigenvalue weighted by atomic mass is 10.1. The first-order valence-corrected chi connectivity index (χ1v) is 7.34. The highest BCUT2D eigenvalue weighted by molar-refractivity contribution is 5.84. The number of methoxy groups -OCH3 is 1. The predicted octanol–water partition coefficient (Wildman–Crippen LogP) is 1.27. The van der Waals surface area contributed by atoms with Gasteiger partial charge in [-0.25, -0.2) is 9.18 Å². The third kappa shape index (κ3) is 4.53. The molecule has 11 heteroatoms. The SMILES string of the molecule is COc1ccc(C(NC(=O)CCn2cc([N+](=O)[O-])cn2)C(=O)O)cc1F. The average Bonchev–Trinajstić information content (AvgIpc) is 3.07. The van der Waals surface area contributed by atoms with E-state index >= 15 is 0 Å². The molecule has 0 aliphatic carbocycles. The molecule has 1 unspecified atom stereocenters. The van der Waals surface area contributed by atoms with Gasteiger partial charge in [-0.05, 0) is 17.7 Å². The van der Waals surface area contributed by atoms with Crippen molar-refractivity contribution in [3.8, 4) is 5.75 Å². The second-order valence-corrected chi connectivity index (χ2v) is 5.20. The second-order valence-electron chi connectivity index (χ2n) is 5.20. The summed E-state index contributed by atoms with van der Waals surface area (Å²) >= 11 is 0. The molecule has 1 aromatic carbocycles. The van der Waals surface area contributed by atoms with Gasteiger partial charge in [0.1, 0.15) is 12.4 Å². The number of nitro groups is 1. The summed E-state index contributed by atoms with van der Waals surface area (Å²) in [5.74, 6) is -2.80. The van der Waals surface area contributed by atoms with Crippen LogP contribution in [0.25, 0.3) is 0 Å². The first-order valence-electron chi connectivity index (χ1n) is 7.34. The van der Waals surface area contributed by atoms with Crippen LogP contribution in [0.15, 0.2) is 30.6 Å². The van der Waals surface area contributed by atoms with Crippen LogP contribution in [0.4, 0.5) is 10.1 Å². The fourth-order valence-electron chi connectivity index (χ4n) is 2.17. The Labute approximate surface area is 146 Å². The van der Waals surface area contributed by atoms with E-state index in [0.29, 0.717) is 0 Å². The van der Waals surface area contributed by atoms with Crippen molar-refractivity contribution in [1.29, 1.82) is 0 Å². The van der Waals surface area contributed by atoms with Gasteiger partial charge in [-0.3, -0.25) is 19.6 Å². The van der Waals surface area contributed by atoms with Gasteiger partial charge >= 0.3 is 11.7 Å². The fraction of sp³-hybridized carbons (Fsp3) is 0.267. The Morgan fingerprint density at radius 2 is 2.23 bits per heavy atom. The van der Waals surface area contributed by atoms with Crippen molar-refractivity contribution in [2.45, 2.75) is 19.0 Å². The van der Waals surface area contributed by atoms with E-state index in [-0.39, 0.29) is 30.0 Å². The minimum Gasteiger partial charge on any atom is -0.494 e. The van der Waals surface area contributed by atoms with Gasteiger partial charge in [0.25, 0.3) is 0 Å². The molecule has 1 atom stereocenters. The van der Waals surface area contributed by atoms with Crippen LogP contribution in [-0.4, -0.2) is 38.8 Å². The lowest BCUT2D eigenvalue weighted by Gasteiger charge is -2.15. The number of aryl methyl sites for hydroxylation is 1. The third-order valence-electron chi connectivity index (χ3n) is 3.46. The third-order valence-corrected chi connectivity index (χ3v) is 3.46. The molecule has 10 nitrogen and oxygen atoms in total. The number of carboxylic acids is 1. The van der Waals surface area contributed by atoms with Crippen molar-refractivity contribution in [1.82, 2.24) is 15.1 Å². The van der Waals surface area contributed by atoms with Crippen molar-refractivity contribution < 1.29 is 28.7 Å². The zero-order chi connectivity index (χ0) is 19.3. The van der Waals surface area contributed by atoms with Crippen molar-refractivity contribution in [3.63, 3.8) is 0 Å².